The molecule has 0 N–H and O–H groups in total. The van der Waals surface area contributed by atoms with Crippen LogP contribution in [0.3, 0.4) is 0 Å². The molecular weight excluding hydrogens is 880 g/mol. The largest absolute Gasteiger partial charge is 0.308 e. The van der Waals surface area contributed by atoms with Crippen molar-refractivity contribution < 1.29 is 0 Å². The first kappa shape index (κ1) is 42.4. The van der Waals surface area contributed by atoms with Gasteiger partial charge in [0.15, 0.2) is 0 Å². The maximum absolute atomic E-state index is 7.71. The normalized spacial score (nSPS) is 13.3. The minimum atomic E-state index is -0.170. The SMILES string of the molecule is Cc1ccc(-c2ccccc2)c(N2c3ccc(-c4ccccc4)cc3C3c4cc(-c5ccccc5)ccc4N(c4c(-c5ccccc5)cccc4-c4ccccc4)c4cc(Cl)cc2c43)c1-c1ccccc1. The lowest BCUT2D eigenvalue weighted by Crippen LogP contribution is -2.30. The third-order valence-corrected chi connectivity index (χ3v) is 14.6. The fourth-order valence-electron chi connectivity index (χ4n) is 11.3. The number of aryl methyl sites for hydroxylation is 1. The lowest BCUT2D eigenvalue weighted by Gasteiger charge is -2.47. The fourth-order valence-corrected chi connectivity index (χ4v) is 11.5. The van der Waals surface area contributed by atoms with E-state index in [1.807, 2.05) is 0 Å². The van der Waals surface area contributed by atoms with Crippen molar-refractivity contribution in [2.24, 2.45) is 0 Å². The molecule has 2 nitrogen and oxygen atoms in total. The number of anilines is 6. The van der Waals surface area contributed by atoms with Gasteiger partial charge in [-0.25, -0.2) is 0 Å². The first-order valence-corrected chi connectivity index (χ1v) is 24.8. The Kier molecular flexibility index (Phi) is 10.6. The van der Waals surface area contributed by atoms with Crippen LogP contribution in [0.1, 0.15) is 28.2 Å². The van der Waals surface area contributed by atoms with Crippen LogP contribution in [0.25, 0.3) is 66.8 Å². The van der Waals surface area contributed by atoms with Crippen molar-refractivity contribution in [3.05, 3.63) is 288 Å². The van der Waals surface area contributed by atoms with Crippen LogP contribution in [-0.4, -0.2) is 0 Å². The van der Waals surface area contributed by atoms with E-state index in [4.69, 9.17) is 11.6 Å². The minimum absolute atomic E-state index is 0.170. The molecule has 1 atom stereocenters. The average molecular weight is 928 g/mol. The Labute approximate surface area is 421 Å². The molecule has 0 saturated heterocycles. The summed E-state index contributed by atoms with van der Waals surface area (Å²) in [6.45, 7) is 2.24. The van der Waals surface area contributed by atoms with Crippen LogP contribution in [0, 0.1) is 6.92 Å². The highest BCUT2D eigenvalue weighted by molar-refractivity contribution is 6.31. The summed E-state index contributed by atoms with van der Waals surface area (Å²) < 4.78 is 0. The molecule has 0 spiro atoms. The molecule has 0 aromatic heterocycles. The van der Waals surface area contributed by atoms with Crippen molar-refractivity contribution in [1.29, 1.82) is 0 Å². The topological polar surface area (TPSA) is 6.48 Å². The van der Waals surface area contributed by atoms with E-state index in [1.165, 1.54) is 50.1 Å². The summed E-state index contributed by atoms with van der Waals surface area (Å²) in [7, 11) is 0. The highest BCUT2D eigenvalue weighted by Crippen LogP contribution is 2.64. The lowest BCUT2D eigenvalue weighted by molar-refractivity contribution is 0.910. The van der Waals surface area contributed by atoms with Gasteiger partial charge in [-0.3, -0.25) is 0 Å². The van der Waals surface area contributed by atoms with E-state index in [1.54, 1.807) is 0 Å². The number of halogens is 1. The van der Waals surface area contributed by atoms with Crippen molar-refractivity contribution in [1.82, 2.24) is 0 Å². The van der Waals surface area contributed by atoms with E-state index in [9.17, 15) is 0 Å². The van der Waals surface area contributed by atoms with E-state index < -0.39 is 0 Å². The molecule has 1 unspecified atom stereocenters. The van der Waals surface area contributed by atoms with Gasteiger partial charge in [0.05, 0.1) is 34.1 Å². The van der Waals surface area contributed by atoms with Gasteiger partial charge in [-0.15, -0.1) is 0 Å². The number of benzene rings is 11. The molecule has 0 bridgehead atoms. The Morgan fingerprint density at radius 1 is 0.310 bits per heavy atom. The molecule has 3 heteroatoms. The predicted octanol–water partition coefficient (Wildman–Crippen LogP) is 19.4. The predicted molar refractivity (Wildman–Crippen MR) is 299 cm³/mol. The minimum Gasteiger partial charge on any atom is -0.308 e. The standard InChI is InChI=1S/C68H47ClN2/c1-45-35-38-57(50-29-16-6-17-30-50)68(64(45)51-31-18-7-19-32-51)71-61-40-37-53(47-23-10-3-11-24-47)42-59(61)65-58-41-52(46-21-8-2-9-22-46)36-39-60(58)70(62-43-54(69)44-63(71)66(62)65)67-55(48-25-12-4-13-26-48)33-20-34-56(67)49-27-14-5-15-28-49/h2-44,65H,1H3. The van der Waals surface area contributed by atoms with E-state index in [-0.39, 0.29) is 5.92 Å². The number of fused-ring (bicyclic) bond motifs is 4. The number of hydrogen-bond donors (Lipinski definition) is 0. The summed E-state index contributed by atoms with van der Waals surface area (Å²) in [5, 5.41) is 0.662. The zero-order chi connectivity index (χ0) is 47.4. The van der Waals surface area contributed by atoms with Gasteiger partial charge < -0.3 is 9.80 Å². The summed E-state index contributed by atoms with van der Waals surface area (Å²) in [6.07, 6.45) is 0. The summed E-state index contributed by atoms with van der Waals surface area (Å²) in [6, 6.07) is 95.0. The van der Waals surface area contributed by atoms with Crippen LogP contribution in [0.4, 0.5) is 34.1 Å². The van der Waals surface area contributed by atoms with Gasteiger partial charge in [-0.2, -0.15) is 0 Å². The first-order valence-electron chi connectivity index (χ1n) is 24.4. The summed E-state index contributed by atoms with van der Waals surface area (Å²) in [5.74, 6) is -0.170. The maximum atomic E-state index is 7.71. The van der Waals surface area contributed by atoms with Gasteiger partial charge in [0, 0.05) is 38.8 Å². The highest BCUT2D eigenvalue weighted by atomic mass is 35.5. The van der Waals surface area contributed by atoms with Crippen LogP contribution in [0.2, 0.25) is 5.02 Å². The third kappa shape index (κ3) is 7.26. The Balaban J connectivity index is 1.20. The zero-order valence-electron chi connectivity index (χ0n) is 39.2. The molecule has 0 fully saturated rings. The Hall–Kier alpha value is -8.69. The molecule has 2 heterocycles. The molecule has 11 aromatic carbocycles. The van der Waals surface area contributed by atoms with Crippen molar-refractivity contribution in [2.75, 3.05) is 9.80 Å². The maximum Gasteiger partial charge on any atom is 0.0621 e. The van der Waals surface area contributed by atoms with Gasteiger partial charge in [-0.05, 0) is 105 Å². The molecule has 2 aliphatic rings. The van der Waals surface area contributed by atoms with E-state index in [2.05, 4.69) is 278 Å². The van der Waals surface area contributed by atoms with Gasteiger partial charge in [0.1, 0.15) is 0 Å². The summed E-state index contributed by atoms with van der Waals surface area (Å²) in [5.41, 5.74) is 25.2. The second-order valence-corrected chi connectivity index (χ2v) is 19.0. The van der Waals surface area contributed by atoms with Crippen molar-refractivity contribution in [3.8, 4) is 66.8 Å². The molecule has 0 saturated carbocycles. The van der Waals surface area contributed by atoms with Crippen LogP contribution in [-0.2, 0) is 0 Å². The highest BCUT2D eigenvalue weighted by Gasteiger charge is 2.43. The number of para-hydroxylation sites is 1. The molecule has 13 rings (SSSR count). The van der Waals surface area contributed by atoms with Gasteiger partial charge in [-0.1, -0.05) is 236 Å². The second-order valence-electron chi connectivity index (χ2n) is 18.6. The quantitative estimate of drug-likeness (QED) is 0.150. The molecule has 11 aromatic rings. The van der Waals surface area contributed by atoms with Crippen molar-refractivity contribution in [2.45, 2.75) is 12.8 Å². The zero-order valence-corrected chi connectivity index (χ0v) is 39.9. The molecule has 71 heavy (non-hydrogen) atoms. The van der Waals surface area contributed by atoms with Crippen LogP contribution in [0.15, 0.2) is 261 Å². The molecule has 0 aliphatic carbocycles. The van der Waals surface area contributed by atoms with Gasteiger partial charge >= 0.3 is 0 Å². The molecule has 0 radical (unpaired) electrons. The Morgan fingerprint density at radius 3 is 1.13 bits per heavy atom. The molecule has 336 valence electrons. The molecular formula is C68H47ClN2. The van der Waals surface area contributed by atoms with E-state index in [0.717, 1.165) is 73.1 Å². The smallest absolute Gasteiger partial charge is 0.0621 e. The third-order valence-electron chi connectivity index (χ3n) is 14.4. The first-order chi connectivity index (χ1) is 35.1. The van der Waals surface area contributed by atoms with Crippen molar-refractivity contribution >= 4 is 45.7 Å². The summed E-state index contributed by atoms with van der Waals surface area (Å²) in [4.78, 5) is 5.08. The van der Waals surface area contributed by atoms with Crippen LogP contribution < -0.4 is 9.80 Å². The second kappa shape index (κ2) is 17.7. The Bertz CT molecular complexity index is 3700. The number of rotatable bonds is 8. The average Bonchev–Trinajstić information content (AvgIpc) is 3.44. The van der Waals surface area contributed by atoms with Crippen molar-refractivity contribution in [3.63, 3.8) is 0 Å². The molecule has 0 amide bonds. The fraction of sp³-hybridized carbons (Fsp3) is 0.0294. The van der Waals surface area contributed by atoms with E-state index >= 15 is 0 Å². The molecule has 2 aliphatic heterocycles. The summed E-state index contributed by atoms with van der Waals surface area (Å²) >= 11 is 7.71. The van der Waals surface area contributed by atoms with E-state index in [0.29, 0.717) is 5.02 Å². The monoisotopic (exact) mass is 926 g/mol. The number of hydrogen-bond acceptors (Lipinski definition) is 2. The lowest BCUT2D eigenvalue weighted by atomic mass is 9.74. The van der Waals surface area contributed by atoms with Crippen LogP contribution >= 0.6 is 11.6 Å². The van der Waals surface area contributed by atoms with Crippen LogP contribution in [0.5, 0.6) is 0 Å². The Morgan fingerprint density at radius 2 is 0.690 bits per heavy atom. The van der Waals surface area contributed by atoms with Gasteiger partial charge in [0.25, 0.3) is 0 Å². The van der Waals surface area contributed by atoms with Gasteiger partial charge in [0.2, 0.25) is 0 Å². The number of nitrogens with zero attached hydrogens (tertiary/aromatic N) is 2.